The molecule has 1 heterocycles. The summed E-state index contributed by atoms with van der Waals surface area (Å²) in [6, 6.07) is 6.09. The van der Waals surface area contributed by atoms with Crippen molar-refractivity contribution in [3.63, 3.8) is 0 Å². The largest absolute Gasteiger partial charge is 0.494 e. The molecule has 0 aliphatic carbocycles. The van der Waals surface area contributed by atoms with Gasteiger partial charge in [-0.05, 0) is 37.6 Å². The lowest BCUT2D eigenvalue weighted by atomic mass is 10.0. The summed E-state index contributed by atoms with van der Waals surface area (Å²) in [7, 11) is 0. The van der Waals surface area contributed by atoms with Crippen LogP contribution in [0, 0.1) is 5.92 Å². The molecule has 1 unspecified atom stereocenters. The zero-order valence-corrected chi connectivity index (χ0v) is 11.8. The molecule has 3 nitrogen and oxygen atoms in total. The van der Waals surface area contributed by atoms with E-state index in [1.165, 1.54) is 9.71 Å². The van der Waals surface area contributed by atoms with Crippen LogP contribution in [0.5, 0.6) is 5.75 Å². The molecule has 1 aromatic carbocycles. The zero-order valence-electron chi connectivity index (χ0n) is 11.0. The van der Waals surface area contributed by atoms with Crippen LogP contribution in [0.3, 0.4) is 0 Å². The van der Waals surface area contributed by atoms with Crippen molar-refractivity contribution in [3.05, 3.63) is 23.2 Å². The van der Waals surface area contributed by atoms with Crippen molar-refractivity contribution in [2.75, 3.05) is 13.2 Å². The molecule has 0 saturated heterocycles. The fraction of sp³-hybridized carbons (Fsp3) is 0.500. The number of hydrogen-bond donors (Lipinski definition) is 1. The summed E-state index contributed by atoms with van der Waals surface area (Å²) in [6.07, 6.45) is 2.09. The molecule has 4 heteroatoms. The predicted molar refractivity (Wildman–Crippen MR) is 77.3 cm³/mol. The van der Waals surface area contributed by atoms with Crippen molar-refractivity contribution in [1.29, 1.82) is 0 Å². The van der Waals surface area contributed by atoms with Crippen LogP contribution in [0.1, 0.15) is 25.3 Å². The summed E-state index contributed by atoms with van der Waals surface area (Å²) in [5, 5.41) is 1.18. The molecule has 1 atom stereocenters. The number of rotatable bonds is 6. The molecule has 2 aromatic rings. The molecule has 1 aromatic heterocycles. The van der Waals surface area contributed by atoms with E-state index in [0.29, 0.717) is 12.5 Å². The van der Waals surface area contributed by atoms with Crippen LogP contribution in [0.4, 0.5) is 0 Å². The quantitative estimate of drug-likeness (QED) is 0.871. The number of hydrogen-bond acceptors (Lipinski definition) is 4. The Labute approximate surface area is 112 Å². The molecule has 0 bridgehead atoms. The lowest BCUT2D eigenvalue weighted by Crippen LogP contribution is -2.15. The second-order valence-corrected chi connectivity index (χ2v) is 5.50. The van der Waals surface area contributed by atoms with E-state index in [2.05, 4.69) is 18.0 Å². The topological polar surface area (TPSA) is 48.1 Å². The summed E-state index contributed by atoms with van der Waals surface area (Å²) in [6.45, 7) is 5.60. The molecule has 0 radical (unpaired) electrons. The molecule has 0 aliphatic heterocycles. The Kier molecular flexibility index (Phi) is 4.55. The van der Waals surface area contributed by atoms with E-state index in [4.69, 9.17) is 10.5 Å². The Bertz CT molecular complexity index is 505. The van der Waals surface area contributed by atoms with Crippen LogP contribution >= 0.6 is 11.3 Å². The summed E-state index contributed by atoms with van der Waals surface area (Å²) in [5.41, 5.74) is 6.81. The van der Waals surface area contributed by atoms with Gasteiger partial charge in [0.15, 0.2) is 0 Å². The fourth-order valence-electron chi connectivity index (χ4n) is 1.94. The smallest absolute Gasteiger partial charge is 0.120 e. The van der Waals surface area contributed by atoms with Gasteiger partial charge in [0.1, 0.15) is 5.75 Å². The third-order valence-corrected chi connectivity index (χ3v) is 4.13. The van der Waals surface area contributed by atoms with E-state index in [1.807, 2.05) is 19.1 Å². The molecule has 0 spiro atoms. The first-order valence-electron chi connectivity index (χ1n) is 6.49. The van der Waals surface area contributed by atoms with Crippen LogP contribution in [0.2, 0.25) is 0 Å². The number of aromatic nitrogens is 1. The van der Waals surface area contributed by atoms with Crippen molar-refractivity contribution in [2.24, 2.45) is 11.7 Å². The first kappa shape index (κ1) is 13.3. The highest BCUT2D eigenvalue weighted by atomic mass is 32.1. The van der Waals surface area contributed by atoms with Gasteiger partial charge in [0.2, 0.25) is 0 Å². The van der Waals surface area contributed by atoms with Crippen LogP contribution < -0.4 is 10.5 Å². The second kappa shape index (κ2) is 6.16. The van der Waals surface area contributed by atoms with Crippen molar-refractivity contribution in [3.8, 4) is 5.75 Å². The van der Waals surface area contributed by atoms with E-state index >= 15 is 0 Å². The van der Waals surface area contributed by atoms with Crippen LogP contribution in [0.15, 0.2) is 18.2 Å². The molecule has 98 valence electrons. The number of nitrogens with zero attached hydrogens (tertiary/aromatic N) is 1. The number of nitrogens with two attached hydrogens (primary N) is 1. The maximum Gasteiger partial charge on any atom is 0.120 e. The van der Waals surface area contributed by atoms with E-state index in [-0.39, 0.29) is 0 Å². The lowest BCUT2D eigenvalue weighted by Gasteiger charge is -2.08. The van der Waals surface area contributed by atoms with Crippen molar-refractivity contribution in [1.82, 2.24) is 4.98 Å². The molecule has 2 N–H and O–H groups in total. The van der Waals surface area contributed by atoms with Gasteiger partial charge in [-0.1, -0.05) is 13.3 Å². The van der Waals surface area contributed by atoms with Crippen LogP contribution in [-0.2, 0) is 6.42 Å². The third-order valence-electron chi connectivity index (χ3n) is 3.09. The van der Waals surface area contributed by atoms with Gasteiger partial charge in [-0.3, -0.25) is 0 Å². The molecule has 2 rings (SSSR count). The average Bonchev–Trinajstić information content (AvgIpc) is 2.78. The van der Waals surface area contributed by atoms with Gasteiger partial charge < -0.3 is 10.5 Å². The van der Waals surface area contributed by atoms with Gasteiger partial charge in [0, 0.05) is 6.42 Å². The first-order valence-corrected chi connectivity index (χ1v) is 7.30. The standard InChI is InChI=1S/C14H20N2OS/c1-3-10(9-15)7-14-16-12-6-5-11(17-4-2)8-13(12)18-14/h5-6,8,10H,3-4,7,9,15H2,1-2H3. The Morgan fingerprint density at radius 3 is 2.89 bits per heavy atom. The molecular weight excluding hydrogens is 244 g/mol. The Balaban J connectivity index is 2.21. The highest BCUT2D eigenvalue weighted by Crippen LogP contribution is 2.28. The highest BCUT2D eigenvalue weighted by molar-refractivity contribution is 7.18. The second-order valence-electron chi connectivity index (χ2n) is 4.38. The Hall–Kier alpha value is -1.13. The number of fused-ring (bicyclic) bond motifs is 1. The molecule has 0 amide bonds. The normalized spacial score (nSPS) is 12.8. The van der Waals surface area contributed by atoms with E-state index in [9.17, 15) is 0 Å². The Morgan fingerprint density at radius 2 is 2.22 bits per heavy atom. The fourth-order valence-corrected chi connectivity index (χ4v) is 3.05. The Morgan fingerprint density at radius 1 is 1.39 bits per heavy atom. The van der Waals surface area contributed by atoms with Crippen LogP contribution in [0.25, 0.3) is 10.2 Å². The van der Waals surface area contributed by atoms with Gasteiger partial charge in [-0.2, -0.15) is 0 Å². The van der Waals surface area contributed by atoms with Crippen molar-refractivity contribution >= 4 is 21.6 Å². The maximum atomic E-state index is 5.75. The molecule has 0 aliphatic rings. The maximum absolute atomic E-state index is 5.75. The van der Waals surface area contributed by atoms with E-state index in [1.54, 1.807) is 11.3 Å². The SMILES string of the molecule is CCOc1ccc2nc(CC(CC)CN)sc2c1. The zero-order chi connectivity index (χ0) is 13.0. The molecule has 0 fully saturated rings. The summed E-state index contributed by atoms with van der Waals surface area (Å²) in [5.74, 6) is 1.46. The monoisotopic (exact) mass is 264 g/mol. The minimum absolute atomic E-state index is 0.539. The van der Waals surface area contributed by atoms with Gasteiger partial charge in [-0.25, -0.2) is 4.98 Å². The summed E-state index contributed by atoms with van der Waals surface area (Å²) >= 11 is 1.75. The lowest BCUT2D eigenvalue weighted by molar-refractivity contribution is 0.341. The molecular formula is C14H20N2OS. The predicted octanol–water partition coefficient (Wildman–Crippen LogP) is 3.22. The van der Waals surface area contributed by atoms with E-state index in [0.717, 1.165) is 30.7 Å². The number of ether oxygens (including phenoxy) is 1. The van der Waals surface area contributed by atoms with Gasteiger partial charge in [0.05, 0.1) is 21.8 Å². The van der Waals surface area contributed by atoms with E-state index < -0.39 is 0 Å². The average molecular weight is 264 g/mol. The number of benzene rings is 1. The first-order chi connectivity index (χ1) is 8.76. The van der Waals surface area contributed by atoms with Gasteiger partial charge in [-0.15, -0.1) is 11.3 Å². The summed E-state index contributed by atoms with van der Waals surface area (Å²) in [4.78, 5) is 4.66. The third kappa shape index (κ3) is 3.00. The highest BCUT2D eigenvalue weighted by Gasteiger charge is 2.10. The van der Waals surface area contributed by atoms with Gasteiger partial charge >= 0.3 is 0 Å². The number of thiazole rings is 1. The minimum Gasteiger partial charge on any atom is -0.494 e. The minimum atomic E-state index is 0.539. The van der Waals surface area contributed by atoms with Gasteiger partial charge in [0.25, 0.3) is 0 Å². The summed E-state index contributed by atoms with van der Waals surface area (Å²) < 4.78 is 6.70. The van der Waals surface area contributed by atoms with Crippen LogP contribution in [-0.4, -0.2) is 18.1 Å². The molecule has 0 saturated carbocycles. The van der Waals surface area contributed by atoms with Crippen molar-refractivity contribution < 1.29 is 4.74 Å². The van der Waals surface area contributed by atoms with Crippen molar-refractivity contribution in [2.45, 2.75) is 26.7 Å². The molecule has 18 heavy (non-hydrogen) atoms.